The van der Waals surface area contributed by atoms with E-state index < -0.39 is 0 Å². The molecule has 0 bridgehead atoms. The second-order valence-electron chi connectivity index (χ2n) is 7.65. The van der Waals surface area contributed by atoms with Crippen LogP contribution < -0.4 is 19.7 Å². The highest BCUT2D eigenvalue weighted by Gasteiger charge is 2.14. The molecule has 3 rings (SSSR count). The van der Waals surface area contributed by atoms with Crippen LogP contribution >= 0.6 is 0 Å². The molecule has 0 amide bonds. The summed E-state index contributed by atoms with van der Waals surface area (Å²) < 4.78 is 11.0. The second kappa shape index (κ2) is 13.3. The lowest BCUT2D eigenvalue weighted by molar-refractivity contribution is 0.394. The number of methoxy groups -OCH3 is 2. The number of allylic oxidation sites excluding steroid dienone is 2. The molecule has 3 aromatic rings. The van der Waals surface area contributed by atoms with E-state index in [1.54, 1.807) is 20.4 Å². The topological polar surface area (TPSA) is 83.4 Å². The van der Waals surface area contributed by atoms with Gasteiger partial charge >= 0.3 is 0 Å². The summed E-state index contributed by atoms with van der Waals surface area (Å²) in [5.41, 5.74) is 4.95. The first-order valence-corrected chi connectivity index (χ1v) is 11.7. The summed E-state index contributed by atoms with van der Waals surface area (Å²) in [6, 6.07) is 12.3. The van der Waals surface area contributed by atoms with E-state index in [0.717, 1.165) is 52.6 Å². The summed E-state index contributed by atoms with van der Waals surface area (Å²) in [5.74, 6) is 1.46. The summed E-state index contributed by atoms with van der Waals surface area (Å²) in [6.45, 7) is 11.7. The van der Waals surface area contributed by atoms with Crippen molar-refractivity contribution in [2.75, 3.05) is 32.2 Å². The Bertz CT molecular complexity index is 1090. The van der Waals surface area contributed by atoms with Gasteiger partial charge < -0.3 is 25.1 Å². The van der Waals surface area contributed by atoms with Gasteiger partial charge in [0.1, 0.15) is 11.5 Å². The average Bonchev–Trinajstić information content (AvgIpc) is 2.87. The molecule has 0 radical (unpaired) electrons. The van der Waals surface area contributed by atoms with Gasteiger partial charge in [0.05, 0.1) is 37.1 Å². The number of aromatic nitrogens is 2. The molecule has 182 valence electrons. The standard InChI is InChI=1S/C25H31N5O2.C2H6/c1-6-18(15-26)25-16-28-23-8-7-19(13-24(23)29-25)30(10-9-27-17(2)3)20-11-21(31-4)14-22(12-20)32-5;1-2/h6-8,11-17,26-27H,9-10H2,1-5H3;1-2H3/b18-6+,26-15?;. The van der Waals surface area contributed by atoms with Crippen molar-refractivity contribution in [2.45, 2.75) is 40.7 Å². The van der Waals surface area contributed by atoms with Gasteiger partial charge in [0.25, 0.3) is 0 Å². The fourth-order valence-electron chi connectivity index (χ4n) is 3.43. The van der Waals surface area contributed by atoms with Crippen LogP contribution in [0.25, 0.3) is 16.6 Å². The van der Waals surface area contributed by atoms with Gasteiger partial charge in [-0.3, -0.25) is 4.98 Å². The van der Waals surface area contributed by atoms with Crippen molar-refractivity contribution in [1.82, 2.24) is 15.3 Å². The summed E-state index contributed by atoms with van der Waals surface area (Å²) in [7, 11) is 3.30. The zero-order valence-corrected chi connectivity index (χ0v) is 21.3. The van der Waals surface area contributed by atoms with Crippen molar-refractivity contribution < 1.29 is 9.47 Å². The number of ether oxygens (including phenoxy) is 2. The van der Waals surface area contributed by atoms with Crippen LogP contribution in [0.2, 0.25) is 0 Å². The Morgan fingerprint density at radius 2 is 1.71 bits per heavy atom. The third-order valence-corrected chi connectivity index (χ3v) is 5.14. The fraction of sp³-hybridized carbons (Fsp3) is 0.370. The van der Waals surface area contributed by atoms with Crippen LogP contribution in [0.15, 0.2) is 48.7 Å². The Kier molecular flexibility index (Phi) is 10.5. The monoisotopic (exact) mass is 463 g/mol. The van der Waals surface area contributed by atoms with E-state index in [1.807, 2.05) is 63.2 Å². The normalized spacial score (nSPS) is 11.1. The molecule has 0 saturated carbocycles. The number of nitrogens with one attached hydrogen (secondary N) is 2. The molecule has 2 N–H and O–H groups in total. The third kappa shape index (κ3) is 6.78. The molecule has 0 fully saturated rings. The number of fused-ring (bicyclic) bond motifs is 1. The minimum absolute atomic E-state index is 0.391. The lowest BCUT2D eigenvalue weighted by atomic mass is 10.1. The molecule has 0 atom stereocenters. The molecule has 1 heterocycles. The van der Waals surface area contributed by atoms with Gasteiger partial charge in [-0.2, -0.15) is 0 Å². The van der Waals surface area contributed by atoms with E-state index in [0.29, 0.717) is 11.7 Å². The quantitative estimate of drug-likeness (QED) is 0.366. The van der Waals surface area contributed by atoms with E-state index >= 15 is 0 Å². The van der Waals surface area contributed by atoms with E-state index in [4.69, 9.17) is 19.9 Å². The first-order chi connectivity index (χ1) is 16.5. The first kappa shape index (κ1) is 26.8. The van der Waals surface area contributed by atoms with Gasteiger partial charge in [-0.1, -0.05) is 33.8 Å². The Morgan fingerprint density at radius 3 is 2.26 bits per heavy atom. The minimum atomic E-state index is 0.391. The number of rotatable bonds is 10. The number of anilines is 2. The minimum Gasteiger partial charge on any atom is -0.497 e. The molecule has 0 aliphatic carbocycles. The van der Waals surface area contributed by atoms with Crippen molar-refractivity contribution in [1.29, 1.82) is 5.41 Å². The SMILES string of the molecule is C/C=C(\C=N)c1cnc2ccc(N(CCNC(C)C)c3cc(OC)cc(OC)c3)cc2n1.CC. The predicted octanol–water partition coefficient (Wildman–Crippen LogP) is 5.86. The molecule has 0 saturated heterocycles. The molecular formula is C27H37N5O2. The van der Waals surface area contributed by atoms with Gasteiger partial charge in [0.15, 0.2) is 0 Å². The molecule has 7 nitrogen and oxygen atoms in total. The van der Waals surface area contributed by atoms with Gasteiger partial charge in [-0.25, -0.2) is 4.98 Å². The lowest BCUT2D eigenvalue weighted by Gasteiger charge is -2.27. The van der Waals surface area contributed by atoms with Crippen LogP contribution in [0, 0.1) is 5.41 Å². The zero-order valence-electron chi connectivity index (χ0n) is 21.3. The molecule has 0 aliphatic heterocycles. The largest absolute Gasteiger partial charge is 0.497 e. The number of benzene rings is 2. The Labute approximate surface area is 203 Å². The molecule has 0 aliphatic rings. The molecule has 0 spiro atoms. The Hall–Kier alpha value is -3.45. The molecule has 0 unspecified atom stereocenters. The first-order valence-electron chi connectivity index (χ1n) is 11.7. The van der Waals surface area contributed by atoms with Gasteiger partial charge in [0.2, 0.25) is 0 Å². The molecule has 2 aromatic carbocycles. The van der Waals surface area contributed by atoms with Crippen LogP contribution in [0.5, 0.6) is 11.5 Å². The zero-order chi connectivity index (χ0) is 25.1. The van der Waals surface area contributed by atoms with E-state index in [1.165, 1.54) is 6.21 Å². The molecule has 34 heavy (non-hydrogen) atoms. The Balaban J connectivity index is 0.00000199. The van der Waals surface area contributed by atoms with Crippen molar-refractivity contribution in [3.05, 3.63) is 54.4 Å². The van der Waals surface area contributed by atoms with Gasteiger partial charge in [-0.15, -0.1) is 0 Å². The Morgan fingerprint density at radius 1 is 1.03 bits per heavy atom. The summed E-state index contributed by atoms with van der Waals surface area (Å²) >= 11 is 0. The summed E-state index contributed by atoms with van der Waals surface area (Å²) in [5, 5.41) is 11.1. The van der Waals surface area contributed by atoms with Crippen LogP contribution in [0.4, 0.5) is 11.4 Å². The van der Waals surface area contributed by atoms with Crippen molar-refractivity contribution in [3.8, 4) is 11.5 Å². The predicted molar refractivity (Wildman–Crippen MR) is 143 cm³/mol. The maximum atomic E-state index is 7.62. The van der Waals surface area contributed by atoms with E-state index in [9.17, 15) is 0 Å². The van der Waals surface area contributed by atoms with Crippen LogP contribution in [-0.4, -0.2) is 49.5 Å². The maximum Gasteiger partial charge on any atom is 0.124 e. The van der Waals surface area contributed by atoms with Crippen LogP contribution in [-0.2, 0) is 0 Å². The fourth-order valence-corrected chi connectivity index (χ4v) is 3.43. The number of nitrogens with zero attached hydrogens (tertiary/aromatic N) is 3. The van der Waals surface area contributed by atoms with Crippen LogP contribution in [0.3, 0.4) is 0 Å². The van der Waals surface area contributed by atoms with Crippen LogP contribution in [0.1, 0.15) is 40.3 Å². The summed E-state index contributed by atoms with van der Waals surface area (Å²) in [4.78, 5) is 11.5. The highest BCUT2D eigenvalue weighted by molar-refractivity contribution is 6.07. The average molecular weight is 464 g/mol. The molecule has 7 heteroatoms. The smallest absolute Gasteiger partial charge is 0.124 e. The van der Waals surface area contributed by atoms with Crippen molar-refractivity contribution >= 4 is 34.2 Å². The second-order valence-corrected chi connectivity index (χ2v) is 7.65. The molecule has 1 aromatic heterocycles. The van der Waals surface area contributed by atoms with Gasteiger partial charge in [-0.05, 0) is 25.1 Å². The van der Waals surface area contributed by atoms with E-state index in [-0.39, 0.29) is 0 Å². The highest BCUT2D eigenvalue weighted by atomic mass is 16.5. The number of hydrogen-bond donors (Lipinski definition) is 2. The maximum absolute atomic E-state index is 7.62. The van der Waals surface area contributed by atoms with Gasteiger partial charge in [0, 0.05) is 60.5 Å². The van der Waals surface area contributed by atoms with Crippen molar-refractivity contribution in [3.63, 3.8) is 0 Å². The van der Waals surface area contributed by atoms with Crippen molar-refractivity contribution in [2.24, 2.45) is 0 Å². The lowest BCUT2D eigenvalue weighted by Crippen LogP contribution is -2.32. The number of hydrogen-bond acceptors (Lipinski definition) is 7. The van der Waals surface area contributed by atoms with E-state index in [2.05, 4.69) is 29.0 Å². The molecular weight excluding hydrogens is 426 g/mol. The summed E-state index contributed by atoms with van der Waals surface area (Å²) in [6.07, 6.45) is 4.87. The third-order valence-electron chi connectivity index (χ3n) is 5.14. The highest BCUT2D eigenvalue weighted by Crippen LogP contribution is 2.33.